The zero-order valence-corrected chi connectivity index (χ0v) is 14.5. The van der Waals surface area contributed by atoms with E-state index in [1.807, 2.05) is 6.92 Å². The summed E-state index contributed by atoms with van der Waals surface area (Å²) in [7, 11) is 0. The van der Waals surface area contributed by atoms with Gasteiger partial charge < -0.3 is 10.2 Å². The molecule has 0 heterocycles. The first-order chi connectivity index (χ1) is 11.8. The van der Waals surface area contributed by atoms with E-state index in [1.54, 1.807) is 18.2 Å². The van der Waals surface area contributed by atoms with Gasteiger partial charge in [0.25, 0.3) is 0 Å². The van der Waals surface area contributed by atoms with Crippen LogP contribution in [-0.2, 0) is 9.59 Å². The van der Waals surface area contributed by atoms with E-state index in [2.05, 4.69) is 5.32 Å². The van der Waals surface area contributed by atoms with Crippen molar-refractivity contribution in [3.05, 3.63) is 58.6 Å². The summed E-state index contributed by atoms with van der Waals surface area (Å²) in [6.45, 7) is 3.15. The monoisotopic (exact) mass is 366 g/mol. The fraction of sp³-hybridized carbons (Fsp3) is 0.222. The molecule has 0 bridgehead atoms. The van der Waals surface area contributed by atoms with Crippen LogP contribution in [0, 0.1) is 18.6 Å². The number of nitrogens with one attached hydrogen (secondary N) is 1. The van der Waals surface area contributed by atoms with Crippen LogP contribution in [-0.4, -0.2) is 18.4 Å². The minimum absolute atomic E-state index is 0.00940. The summed E-state index contributed by atoms with van der Waals surface area (Å²) in [4.78, 5) is 25.1. The Bertz CT molecular complexity index is 812. The lowest BCUT2D eigenvalue weighted by Gasteiger charge is -2.21. The van der Waals surface area contributed by atoms with Gasteiger partial charge in [-0.2, -0.15) is 0 Å². The second-order valence-corrected chi connectivity index (χ2v) is 5.96. The molecule has 25 heavy (non-hydrogen) atoms. The number of anilines is 2. The highest BCUT2D eigenvalue weighted by Gasteiger charge is 2.16. The van der Waals surface area contributed by atoms with Crippen molar-refractivity contribution in [3.8, 4) is 0 Å². The molecule has 0 unspecified atom stereocenters. The number of carbonyl (C=O) groups is 2. The van der Waals surface area contributed by atoms with Gasteiger partial charge in [0.1, 0.15) is 0 Å². The second kappa shape index (κ2) is 8.07. The van der Waals surface area contributed by atoms with E-state index in [1.165, 1.54) is 17.9 Å². The van der Waals surface area contributed by atoms with Crippen LogP contribution in [0.5, 0.6) is 0 Å². The maximum Gasteiger partial charge on any atom is 0.226 e. The Morgan fingerprint density at radius 1 is 1.12 bits per heavy atom. The quantitative estimate of drug-likeness (QED) is 0.857. The number of rotatable bonds is 5. The number of hydrogen-bond acceptors (Lipinski definition) is 2. The van der Waals surface area contributed by atoms with Crippen molar-refractivity contribution in [1.82, 2.24) is 0 Å². The molecule has 0 saturated carbocycles. The fourth-order valence-electron chi connectivity index (χ4n) is 2.28. The largest absolute Gasteiger partial charge is 0.326 e. The van der Waals surface area contributed by atoms with E-state index in [-0.39, 0.29) is 30.5 Å². The van der Waals surface area contributed by atoms with E-state index >= 15 is 0 Å². The topological polar surface area (TPSA) is 49.4 Å². The number of halogens is 3. The van der Waals surface area contributed by atoms with Crippen LogP contribution in [0.3, 0.4) is 0 Å². The van der Waals surface area contributed by atoms with Gasteiger partial charge in [-0.3, -0.25) is 9.59 Å². The van der Waals surface area contributed by atoms with Crippen molar-refractivity contribution in [2.75, 3.05) is 16.8 Å². The van der Waals surface area contributed by atoms with Gasteiger partial charge in [0, 0.05) is 42.4 Å². The van der Waals surface area contributed by atoms with Crippen LogP contribution in [0.2, 0.25) is 5.02 Å². The van der Waals surface area contributed by atoms with Crippen molar-refractivity contribution in [1.29, 1.82) is 0 Å². The predicted octanol–water partition coefficient (Wildman–Crippen LogP) is 4.31. The molecule has 7 heteroatoms. The van der Waals surface area contributed by atoms with Crippen molar-refractivity contribution in [3.63, 3.8) is 0 Å². The molecular weight excluding hydrogens is 350 g/mol. The Hall–Kier alpha value is -2.47. The summed E-state index contributed by atoms with van der Waals surface area (Å²) in [5, 5.41) is 3.22. The summed E-state index contributed by atoms with van der Waals surface area (Å²) in [5.41, 5.74) is 1.62. The van der Waals surface area contributed by atoms with Crippen LogP contribution in [0.4, 0.5) is 20.2 Å². The van der Waals surface area contributed by atoms with Crippen molar-refractivity contribution in [2.24, 2.45) is 0 Å². The van der Waals surface area contributed by atoms with Crippen LogP contribution in [0.25, 0.3) is 0 Å². The van der Waals surface area contributed by atoms with Gasteiger partial charge in [0.2, 0.25) is 11.8 Å². The Labute approximate surface area is 149 Å². The Balaban J connectivity index is 2.05. The standard InChI is InChI=1S/C18H17ClF2N2O2/c1-11-3-4-13(19)9-17(11)22-18(25)7-8-23(12(2)24)14-5-6-15(20)16(21)10-14/h3-6,9-10H,7-8H2,1-2H3,(H,22,25). The van der Waals surface area contributed by atoms with Crippen molar-refractivity contribution in [2.45, 2.75) is 20.3 Å². The van der Waals surface area contributed by atoms with E-state index in [0.29, 0.717) is 10.7 Å². The van der Waals surface area contributed by atoms with E-state index < -0.39 is 11.6 Å². The first-order valence-electron chi connectivity index (χ1n) is 7.57. The molecule has 0 aliphatic rings. The van der Waals surface area contributed by atoms with Gasteiger partial charge >= 0.3 is 0 Å². The molecule has 2 aromatic carbocycles. The van der Waals surface area contributed by atoms with Crippen molar-refractivity contribution >= 4 is 34.8 Å². The maximum atomic E-state index is 13.4. The van der Waals surface area contributed by atoms with Gasteiger partial charge in [-0.25, -0.2) is 8.78 Å². The molecule has 132 valence electrons. The zero-order chi connectivity index (χ0) is 18.6. The zero-order valence-electron chi connectivity index (χ0n) is 13.8. The average molecular weight is 367 g/mol. The van der Waals surface area contributed by atoms with Gasteiger partial charge in [-0.05, 0) is 36.8 Å². The second-order valence-electron chi connectivity index (χ2n) is 5.53. The lowest BCUT2D eigenvalue weighted by atomic mass is 10.2. The molecule has 0 saturated heterocycles. The third-order valence-corrected chi connectivity index (χ3v) is 3.87. The maximum absolute atomic E-state index is 13.4. The Morgan fingerprint density at radius 2 is 1.84 bits per heavy atom. The lowest BCUT2D eigenvalue weighted by Crippen LogP contribution is -2.32. The lowest BCUT2D eigenvalue weighted by molar-refractivity contribution is -0.117. The van der Waals surface area contributed by atoms with Gasteiger partial charge in [-0.15, -0.1) is 0 Å². The molecule has 0 atom stereocenters. The summed E-state index contributed by atoms with van der Waals surface area (Å²) >= 11 is 5.91. The molecule has 2 rings (SSSR count). The molecule has 0 spiro atoms. The van der Waals surface area contributed by atoms with Crippen LogP contribution in [0.15, 0.2) is 36.4 Å². The normalized spacial score (nSPS) is 10.4. The number of carbonyl (C=O) groups excluding carboxylic acids is 2. The molecule has 0 aliphatic heterocycles. The molecule has 0 radical (unpaired) electrons. The van der Waals surface area contributed by atoms with Crippen LogP contribution < -0.4 is 10.2 Å². The predicted molar refractivity (Wildman–Crippen MR) is 93.8 cm³/mol. The van der Waals surface area contributed by atoms with Gasteiger partial charge in [0.05, 0.1) is 0 Å². The molecule has 4 nitrogen and oxygen atoms in total. The Kier molecular flexibility index (Phi) is 6.09. The average Bonchev–Trinajstić information content (AvgIpc) is 2.54. The molecule has 0 fully saturated rings. The van der Waals surface area contributed by atoms with E-state index in [0.717, 1.165) is 17.7 Å². The summed E-state index contributed by atoms with van der Waals surface area (Å²) < 4.78 is 26.4. The molecule has 1 N–H and O–H groups in total. The summed E-state index contributed by atoms with van der Waals surface area (Å²) in [6, 6.07) is 8.28. The number of benzene rings is 2. The summed E-state index contributed by atoms with van der Waals surface area (Å²) in [5.74, 6) is -2.75. The molecule has 2 aromatic rings. The van der Waals surface area contributed by atoms with Crippen LogP contribution >= 0.6 is 11.6 Å². The van der Waals surface area contributed by atoms with Crippen molar-refractivity contribution < 1.29 is 18.4 Å². The number of nitrogens with zero attached hydrogens (tertiary/aromatic N) is 1. The van der Waals surface area contributed by atoms with Gasteiger partial charge in [-0.1, -0.05) is 17.7 Å². The Morgan fingerprint density at radius 3 is 2.48 bits per heavy atom. The minimum Gasteiger partial charge on any atom is -0.326 e. The van der Waals surface area contributed by atoms with Crippen LogP contribution in [0.1, 0.15) is 18.9 Å². The number of amides is 2. The molecule has 0 aliphatic carbocycles. The van der Waals surface area contributed by atoms with E-state index in [9.17, 15) is 18.4 Å². The first kappa shape index (κ1) is 18.9. The molecular formula is C18H17ClF2N2O2. The summed E-state index contributed by atoms with van der Waals surface area (Å²) in [6.07, 6.45) is -0.00940. The van der Waals surface area contributed by atoms with Gasteiger partial charge in [0.15, 0.2) is 11.6 Å². The highest BCUT2D eigenvalue weighted by atomic mass is 35.5. The highest BCUT2D eigenvalue weighted by Crippen LogP contribution is 2.21. The SMILES string of the molecule is CC(=O)N(CCC(=O)Nc1cc(Cl)ccc1C)c1ccc(F)c(F)c1. The third-order valence-electron chi connectivity index (χ3n) is 3.63. The minimum atomic E-state index is -1.05. The first-order valence-corrected chi connectivity index (χ1v) is 7.95. The molecule has 0 aromatic heterocycles. The molecule has 2 amide bonds. The highest BCUT2D eigenvalue weighted by molar-refractivity contribution is 6.31. The third kappa shape index (κ3) is 5.00. The number of hydrogen-bond donors (Lipinski definition) is 1. The number of aryl methyl sites for hydroxylation is 1. The smallest absolute Gasteiger partial charge is 0.226 e. The fourth-order valence-corrected chi connectivity index (χ4v) is 2.45. The van der Waals surface area contributed by atoms with E-state index in [4.69, 9.17) is 11.6 Å².